The normalized spacial score (nSPS) is 14.4. The molecule has 9 amide bonds. The monoisotopic (exact) mass is 966 g/mol. The number of rotatable bonds is 32. The number of nitrogens with zero attached hydrogens (tertiary/aromatic N) is 2. The average Bonchev–Trinajstić information content (AvgIpc) is 3.78. The number of amides is 9. The number of guanidine groups is 1. The number of nitrogens with two attached hydrogens (primary N) is 4. The molecule has 0 radical (unpaired) electrons. The van der Waals surface area contributed by atoms with Crippen LogP contribution in [0.25, 0.3) is 0 Å². The maximum atomic E-state index is 13.5. The standard InChI is InChI=1S/C40H67N15O13/c1-6-20(4)32(38(66)54-27(14-31(59)60)37(65)50-21(5)33(61)52-24(39(67)68)9-10-28(42)56)55-30(58)17-48-36(64)26(13-22-15-45-18-49-22)51-29(57)16-47-35(63)25(12-19(2)3)53-34(62)23(41)8-7-11-46-40(43)44/h15,18-21,23-27,32H,6-14,16-17,41H2,1-5H3,(H2,42,56)(H,45,49)(H,47,63)(H,48,64)(H,50,65)(H,51,57)(H,52,61)(H,53,62)(H,54,66)(H,55,58)(H,59,60)(H,67,68)(H4,43,44,46)/t20-,21-,23-,24-,25-,26-,27-,32-/m0/s1. The van der Waals surface area contributed by atoms with Gasteiger partial charge in [0, 0.05) is 31.3 Å². The van der Waals surface area contributed by atoms with Crippen molar-refractivity contribution in [1.82, 2.24) is 52.5 Å². The summed E-state index contributed by atoms with van der Waals surface area (Å²) in [7, 11) is 0. The molecule has 0 bridgehead atoms. The number of aromatic amines is 1. The molecular weight excluding hydrogens is 899 g/mol. The number of primary amides is 1. The molecule has 28 heteroatoms. The van der Waals surface area contributed by atoms with E-state index in [4.69, 9.17) is 22.9 Å². The summed E-state index contributed by atoms with van der Waals surface area (Å²) in [5.74, 6) is -11.7. The molecule has 1 aromatic heterocycles. The maximum Gasteiger partial charge on any atom is 0.326 e. The third kappa shape index (κ3) is 23.2. The van der Waals surface area contributed by atoms with E-state index in [0.717, 1.165) is 6.92 Å². The van der Waals surface area contributed by atoms with E-state index in [2.05, 4.69) is 57.5 Å². The summed E-state index contributed by atoms with van der Waals surface area (Å²) in [4.78, 5) is 150. The van der Waals surface area contributed by atoms with Gasteiger partial charge in [-0.05, 0) is 44.4 Å². The summed E-state index contributed by atoms with van der Waals surface area (Å²) in [5, 5.41) is 37.9. The lowest BCUT2D eigenvalue weighted by molar-refractivity contribution is -0.143. The van der Waals surface area contributed by atoms with Crippen molar-refractivity contribution in [1.29, 1.82) is 0 Å². The number of hydrogen-bond acceptors (Lipinski definition) is 14. The van der Waals surface area contributed by atoms with Crippen molar-refractivity contribution in [2.75, 3.05) is 19.6 Å². The zero-order valence-electron chi connectivity index (χ0n) is 38.7. The second kappa shape index (κ2) is 30.0. The van der Waals surface area contributed by atoms with Crippen LogP contribution in [0.2, 0.25) is 0 Å². The van der Waals surface area contributed by atoms with Gasteiger partial charge in [-0.3, -0.25) is 52.9 Å². The van der Waals surface area contributed by atoms with E-state index in [9.17, 15) is 63.0 Å². The zero-order chi connectivity index (χ0) is 51.7. The summed E-state index contributed by atoms with van der Waals surface area (Å²) >= 11 is 0. The molecule has 1 heterocycles. The third-order valence-electron chi connectivity index (χ3n) is 9.99. The van der Waals surface area contributed by atoms with Crippen molar-refractivity contribution in [2.24, 2.45) is 39.8 Å². The van der Waals surface area contributed by atoms with E-state index in [1.165, 1.54) is 12.5 Å². The molecule has 0 aliphatic heterocycles. The summed E-state index contributed by atoms with van der Waals surface area (Å²) < 4.78 is 0. The Morgan fingerprint density at radius 3 is 1.82 bits per heavy atom. The lowest BCUT2D eigenvalue weighted by Gasteiger charge is -2.27. The van der Waals surface area contributed by atoms with Gasteiger partial charge in [0.05, 0.1) is 31.9 Å². The number of carbonyl (C=O) groups excluding carboxylic acids is 9. The van der Waals surface area contributed by atoms with Gasteiger partial charge in [0.1, 0.15) is 36.3 Å². The van der Waals surface area contributed by atoms with Crippen LogP contribution in [0.5, 0.6) is 0 Å². The van der Waals surface area contributed by atoms with Crippen molar-refractivity contribution in [3.63, 3.8) is 0 Å². The first-order chi connectivity index (χ1) is 31.8. The highest BCUT2D eigenvalue weighted by atomic mass is 16.4. The Morgan fingerprint density at radius 2 is 1.29 bits per heavy atom. The number of nitrogens with one attached hydrogen (secondary N) is 9. The van der Waals surface area contributed by atoms with Crippen molar-refractivity contribution in [3.05, 3.63) is 18.2 Å². The van der Waals surface area contributed by atoms with E-state index in [1.54, 1.807) is 13.8 Å². The molecule has 0 saturated carbocycles. The smallest absolute Gasteiger partial charge is 0.326 e. The highest BCUT2D eigenvalue weighted by molar-refractivity contribution is 5.98. The van der Waals surface area contributed by atoms with Crippen molar-refractivity contribution >= 4 is 71.1 Å². The number of aromatic nitrogens is 2. The second-order valence-electron chi connectivity index (χ2n) is 16.3. The van der Waals surface area contributed by atoms with Gasteiger partial charge < -0.3 is 80.7 Å². The van der Waals surface area contributed by atoms with Crippen LogP contribution < -0.4 is 65.5 Å². The molecule has 380 valence electrons. The van der Waals surface area contributed by atoms with Crippen LogP contribution in [0, 0.1) is 11.8 Å². The summed E-state index contributed by atoms with van der Waals surface area (Å²) in [5.41, 5.74) is 22.1. The average molecular weight is 966 g/mol. The van der Waals surface area contributed by atoms with Gasteiger partial charge in [-0.25, -0.2) is 9.78 Å². The lowest BCUT2D eigenvalue weighted by Crippen LogP contribution is -2.59. The van der Waals surface area contributed by atoms with Crippen LogP contribution >= 0.6 is 0 Å². The number of H-pyrrole nitrogens is 1. The van der Waals surface area contributed by atoms with E-state index >= 15 is 0 Å². The van der Waals surface area contributed by atoms with Gasteiger partial charge in [-0.15, -0.1) is 0 Å². The van der Waals surface area contributed by atoms with Crippen molar-refractivity contribution in [2.45, 2.75) is 128 Å². The van der Waals surface area contributed by atoms with Crippen molar-refractivity contribution < 1.29 is 63.0 Å². The fourth-order valence-corrected chi connectivity index (χ4v) is 6.08. The van der Waals surface area contributed by atoms with Gasteiger partial charge in [0.2, 0.25) is 53.2 Å². The molecule has 68 heavy (non-hydrogen) atoms. The molecular formula is C40H67N15O13. The van der Waals surface area contributed by atoms with Crippen LogP contribution in [0.4, 0.5) is 0 Å². The number of carboxylic acid groups (broad SMARTS) is 2. The molecule has 8 atom stereocenters. The topological polar surface area (TPSA) is 470 Å². The highest BCUT2D eigenvalue weighted by Crippen LogP contribution is 2.10. The first-order valence-electron chi connectivity index (χ1n) is 21.7. The molecule has 0 fully saturated rings. The Bertz CT molecular complexity index is 1940. The van der Waals surface area contributed by atoms with Crippen LogP contribution in [-0.4, -0.2) is 153 Å². The van der Waals surface area contributed by atoms with Crippen LogP contribution in [0.1, 0.15) is 85.3 Å². The Labute approximate surface area is 391 Å². The molecule has 1 aromatic rings. The van der Waals surface area contributed by atoms with Crippen molar-refractivity contribution in [3.8, 4) is 0 Å². The van der Waals surface area contributed by atoms with Gasteiger partial charge in [0.25, 0.3) is 0 Å². The molecule has 0 unspecified atom stereocenters. The Balaban J connectivity index is 3.03. The van der Waals surface area contributed by atoms with Gasteiger partial charge in [-0.1, -0.05) is 34.1 Å². The number of hydrogen-bond donors (Lipinski definition) is 15. The number of carboxylic acids is 2. The molecule has 19 N–H and O–H groups in total. The van der Waals surface area contributed by atoms with Crippen LogP contribution in [0.3, 0.4) is 0 Å². The van der Waals surface area contributed by atoms with Gasteiger partial charge in [-0.2, -0.15) is 0 Å². The number of imidazole rings is 1. The fraction of sp³-hybridized carbons (Fsp3) is 0.625. The summed E-state index contributed by atoms with van der Waals surface area (Å²) in [6.07, 6.45) is 1.98. The Kier molecular flexibility index (Phi) is 25.9. The molecule has 0 spiro atoms. The van der Waals surface area contributed by atoms with Crippen LogP contribution in [0.15, 0.2) is 17.5 Å². The minimum Gasteiger partial charge on any atom is -0.481 e. The quantitative estimate of drug-likeness (QED) is 0.0182. The minimum absolute atomic E-state index is 0.0604. The Morgan fingerprint density at radius 1 is 0.706 bits per heavy atom. The lowest BCUT2D eigenvalue weighted by atomic mass is 9.97. The molecule has 0 saturated heterocycles. The predicted octanol–water partition coefficient (Wildman–Crippen LogP) is -5.59. The Hall–Kier alpha value is -7.39. The number of aliphatic imine (C=N–C) groups is 1. The summed E-state index contributed by atoms with van der Waals surface area (Å²) in [6, 6.07) is -9.56. The highest BCUT2D eigenvalue weighted by Gasteiger charge is 2.34. The summed E-state index contributed by atoms with van der Waals surface area (Å²) in [6.45, 7) is 6.94. The van der Waals surface area contributed by atoms with E-state index in [1.807, 2.05) is 13.8 Å². The first kappa shape index (κ1) is 58.6. The van der Waals surface area contributed by atoms with E-state index in [0.29, 0.717) is 12.1 Å². The van der Waals surface area contributed by atoms with E-state index < -0.39 is 133 Å². The van der Waals surface area contributed by atoms with Gasteiger partial charge in [0.15, 0.2) is 5.96 Å². The van der Waals surface area contributed by atoms with E-state index in [-0.39, 0.29) is 56.9 Å². The fourth-order valence-electron chi connectivity index (χ4n) is 6.08. The van der Waals surface area contributed by atoms with Gasteiger partial charge >= 0.3 is 11.9 Å². The molecule has 0 aliphatic carbocycles. The first-order valence-corrected chi connectivity index (χ1v) is 21.7. The third-order valence-corrected chi connectivity index (χ3v) is 9.99. The largest absolute Gasteiger partial charge is 0.481 e. The SMILES string of the molecule is CC[C@H](C)[C@H](NC(=O)CNC(=O)[C@H](Cc1cnc[nH]1)NC(=O)CNC(=O)[C@H](CC(C)C)NC(=O)[C@@H](N)CCCN=C(N)N)C(=O)N[C@@H](CC(=O)O)C(=O)N[C@@H](C)C(=O)N[C@@H](CCC(N)=O)C(=O)O. The number of aliphatic carboxylic acids is 2. The maximum absolute atomic E-state index is 13.5. The molecule has 0 aliphatic rings. The second-order valence-corrected chi connectivity index (χ2v) is 16.3. The molecule has 28 nitrogen and oxygen atoms in total. The zero-order valence-corrected chi connectivity index (χ0v) is 38.7. The molecule has 0 aromatic carbocycles. The minimum atomic E-state index is -1.79. The number of carbonyl (C=O) groups is 11. The van der Waals surface area contributed by atoms with Crippen LogP contribution in [-0.2, 0) is 59.2 Å². The predicted molar refractivity (Wildman–Crippen MR) is 241 cm³/mol. The molecule has 1 rings (SSSR count).